The molecule has 1 N–H and O–H groups in total. The molecule has 8 heteroatoms. The molecule has 0 bridgehead atoms. The van der Waals surface area contributed by atoms with E-state index in [2.05, 4.69) is 10.3 Å². The summed E-state index contributed by atoms with van der Waals surface area (Å²) < 4.78 is 36.6. The Kier molecular flexibility index (Phi) is 6.32. The number of nitrogens with zero attached hydrogens (tertiary/aromatic N) is 2. The Labute approximate surface area is 154 Å². The zero-order valence-electron chi connectivity index (χ0n) is 14.8. The number of aliphatic imine (C=N–C) groups is 1. The molecule has 0 aliphatic carbocycles. The summed E-state index contributed by atoms with van der Waals surface area (Å²) in [6.07, 6.45) is 0.587. The summed E-state index contributed by atoms with van der Waals surface area (Å²) in [5, 5.41) is 3.61. The molecule has 1 heterocycles. The second kappa shape index (κ2) is 7.91. The van der Waals surface area contributed by atoms with E-state index in [-0.39, 0.29) is 11.6 Å². The summed E-state index contributed by atoms with van der Waals surface area (Å²) in [7, 11) is -3.09. The largest absolute Gasteiger partial charge is 0.357 e. The van der Waals surface area contributed by atoms with Crippen LogP contribution in [0.1, 0.15) is 26.3 Å². The molecule has 140 valence electrons. The van der Waals surface area contributed by atoms with Crippen LogP contribution in [0.2, 0.25) is 5.02 Å². The Morgan fingerprint density at radius 3 is 2.76 bits per heavy atom. The van der Waals surface area contributed by atoms with Crippen molar-refractivity contribution in [3.8, 4) is 0 Å². The molecule has 1 aromatic carbocycles. The Morgan fingerprint density at radius 2 is 2.16 bits per heavy atom. The zero-order chi connectivity index (χ0) is 18.7. The molecule has 0 atom stereocenters. The summed E-state index contributed by atoms with van der Waals surface area (Å²) >= 11 is 6.04. The van der Waals surface area contributed by atoms with Crippen LogP contribution in [0, 0.1) is 5.82 Å². The molecular weight excluding hydrogens is 365 g/mol. The van der Waals surface area contributed by atoms with Gasteiger partial charge in [0.25, 0.3) is 0 Å². The molecule has 0 unspecified atom stereocenters. The summed E-state index contributed by atoms with van der Waals surface area (Å²) in [5.41, 5.74) is 0.837. The van der Waals surface area contributed by atoms with Crippen LogP contribution < -0.4 is 5.32 Å². The summed E-state index contributed by atoms with van der Waals surface area (Å²) in [6, 6.07) is 4.34. The predicted octanol–water partition coefficient (Wildman–Crippen LogP) is 2.50. The molecule has 1 aliphatic heterocycles. The number of rotatable bonds is 4. The third-order valence-electron chi connectivity index (χ3n) is 4.34. The van der Waals surface area contributed by atoms with E-state index in [0.717, 1.165) is 5.56 Å². The van der Waals surface area contributed by atoms with E-state index in [1.807, 2.05) is 11.8 Å². The highest BCUT2D eigenvalue weighted by atomic mass is 35.5. The van der Waals surface area contributed by atoms with Crippen LogP contribution >= 0.6 is 11.6 Å². The highest BCUT2D eigenvalue weighted by Gasteiger charge is 2.40. The van der Waals surface area contributed by atoms with Crippen LogP contribution in [0.3, 0.4) is 0 Å². The molecule has 0 radical (unpaired) electrons. The lowest BCUT2D eigenvalue weighted by Gasteiger charge is -2.39. The van der Waals surface area contributed by atoms with Crippen molar-refractivity contribution >= 4 is 27.4 Å². The molecular formula is C17H25ClFN3O2S. The van der Waals surface area contributed by atoms with Crippen molar-refractivity contribution in [2.24, 2.45) is 4.99 Å². The quantitative estimate of drug-likeness (QED) is 0.634. The van der Waals surface area contributed by atoms with Crippen LogP contribution in [0.4, 0.5) is 4.39 Å². The summed E-state index contributed by atoms with van der Waals surface area (Å²) in [6.45, 7) is 7.47. The lowest BCUT2D eigenvalue weighted by molar-refractivity contribution is 0.353. The molecule has 1 aromatic rings. The summed E-state index contributed by atoms with van der Waals surface area (Å²) in [4.78, 5) is 6.58. The standard InChI is InChI=1S/C17H25ClFN3O2S/c1-4-20-16(22-9-10-25(23,24)17(2,3)12-22)21-8-7-13-5-6-14(19)11-15(13)18/h5-6,11H,4,7-10,12H2,1-3H3,(H,20,21). The maximum Gasteiger partial charge on any atom is 0.194 e. The minimum absolute atomic E-state index is 0.119. The van der Waals surface area contributed by atoms with Crippen molar-refractivity contribution in [2.45, 2.75) is 31.9 Å². The molecule has 0 saturated carbocycles. The molecule has 25 heavy (non-hydrogen) atoms. The van der Waals surface area contributed by atoms with Gasteiger partial charge in [-0.3, -0.25) is 4.99 Å². The van der Waals surface area contributed by atoms with Gasteiger partial charge in [0.1, 0.15) is 5.82 Å². The zero-order valence-corrected chi connectivity index (χ0v) is 16.4. The highest BCUT2D eigenvalue weighted by Crippen LogP contribution is 2.24. The Morgan fingerprint density at radius 1 is 1.44 bits per heavy atom. The first-order valence-corrected chi connectivity index (χ1v) is 10.4. The van der Waals surface area contributed by atoms with E-state index < -0.39 is 14.6 Å². The Hall–Kier alpha value is -1.34. The normalized spacial score (nSPS) is 19.7. The third kappa shape index (κ3) is 4.85. The first kappa shape index (κ1) is 20.0. The molecule has 5 nitrogen and oxygen atoms in total. The van der Waals surface area contributed by atoms with Gasteiger partial charge >= 0.3 is 0 Å². The van der Waals surface area contributed by atoms with Gasteiger partial charge in [-0.15, -0.1) is 0 Å². The lowest BCUT2D eigenvalue weighted by atomic mass is 10.1. The van der Waals surface area contributed by atoms with Gasteiger partial charge in [0, 0.05) is 31.2 Å². The average molecular weight is 390 g/mol. The van der Waals surface area contributed by atoms with Gasteiger partial charge in [-0.05, 0) is 44.9 Å². The fraction of sp³-hybridized carbons (Fsp3) is 0.588. The fourth-order valence-corrected chi connectivity index (χ4v) is 4.38. The van der Waals surface area contributed by atoms with Crippen molar-refractivity contribution in [3.63, 3.8) is 0 Å². The van der Waals surface area contributed by atoms with Gasteiger partial charge in [-0.2, -0.15) is 0 Å². The van der Waals surface area contributed by atoms with Crippen LogP contribution in [0.25, 0.3) is 0 Å². The second-order valence-corrected chi connectivity index (χ2v) is 9.87. The van der Waals surface area contributed by atoms with E-state index in [9.17, 15) is 12.8 Å². The van der Waals surface area contributed by atoms with Crippen LogP contribution in [-0.4, -0.2) is 56.0 Å². The van der Waals surface area contributed by atoms with E-state index in [1.54, 1.807) is 19.9 Å². The van der Waals surface area contributed by atoms with E-state index >= 15 is 0 Å². The number of guanidine groups is 1. The Bertz CT molecular complexity index is 750. The van der Waals surface area contributed by atoms with E-state index in [4.69, 9.17) is 11.6 Å². The molecule has 2 rings (SSSR count). The van der Waals surface area contributed by atoms with Crippen LogP contribution in [0.15, 0.2) is 23.2 Å². The molecule has 0 aromatic heterocycles. The fourth-order valence-electron chi connectivity index (χ4n) is 2.76. The first-order chi connectivity index (χ1) is 11.7. The van der Waals surface area contributed by atoms with E-state index in [0.29, 0.717) is 43.6 Å². The van der Waals surface area contributed by atoms with Gasteiger partial charge < -0.3 is 10.2 Å². The number of nitrogens with one attached hydrogen (secondary N) is 1. The molecule has 0 amide bonds. The number of hydrogen-bond donors (Lipinski definition) is 1. The monoisotopic (exact) mass is 389 g/mol. The minimum Gasteiger partial charge on any atom is -0.357 e. The average Bonchev–Trinajstić information content (AvgIpc) is 2.51. The van der Waals surface area contributed by atoms with Crippen LogP contribution in [-0.2, 0) is 16.3 Å². The van der Waals surface area contributed by atoms with Crippen molar-refractivity contribution in [1.29, 1.82) is 0 Å². The first-order valence-electron chi connectivity index (χ1n) is 8.36. The molecule has 1 fully saturated rings. The smallest absolute Gasteiger partial charge is 0.194 e. The minimum atomic E-state index is -3.09. The maximum absolute atomic E-state index is 13.1. The summed E-state index contributed by atoms with van der Waals surface area (Å²) in [5.74, 6) is 0.458. The van der Waals surface area contributed by atoms with Crippen molar-refractivity contribution in [2.75, 3.05) is 31.9 Å². The molecule has 0 spiro atoms. The van der Waals surface area contributed by atoms with Crippen molar-refractivity contribution < 1.29 is 12.8 Å². The SMILES string of the molecule is CCNC(=NCCc1ccc(F)cc1Cl)N1CCS(=O)(=O)C(C)(C)C1. The topological polar surface area (TPSA) is 61.8 Å². The van der Waals surface area contributed by atoms with Crippen molar-refractivity contribution in [3.05, 3.63) is 34.6 Å². The second-order valence-electron chi connectivity index (χ2n) is 6.72. The highest BCUT2D eigenvalue weighted by molar-refractivity contribution is 7.92. The van der Waals surface area contributed by atoms with E-state index in [1.165, 1.54) is 12.1 Å². The van der Waals surface area contributed by atoms with Crippen molar-refractivity contribution in [1.82, 2.24) is 10.2 Å². The van der Waals surface area contributed by atoms with Gasteiger partial charge in [-0.25, -0.2) is 12.8 Å². The molecule has 1 saturated heterocycles. The number of halogens is 2. The number of sulfone groups is 1. The Balaban J connectivity index is 2.08. The number of hydrogen-bond acceptors (Lipinski definition) is 3. The van der Waals surface area contributed by atoms with Gasteiger partial charge in [-0.1, -0.05) is 17.7 Å². The van der Waals surface area contributed by atoms with Gasteiger partial charge in [0.15, 0.2) is 15.8 Å². The molecule has 1 aliphatic rings. The third-order valence-corrected chi connectivity index (χ3v) is 7.22. The predicted molar refractivity (Wildman–Crippen MR) is 101 cm³/mol. The number of benzene rings is 1. The van der Waals surface area contributed by atoms with Gasteiger partial charge in [0.2, 0.25) is 0 Å². The lowest BCUT2D eigenvalue weighted by Crippen LogP contribution is -2.57. The maximum atomic E-state index is 13.1. The van der Waals surface area contributed by atoms with Gasteiger partial charge in [0.05, 0.1) is 10.5 Å². The van der Waals surface area contributed by atoms with Crippen LogP contribution in [0.5, 0.6) is 0 Å².